The normalized spacial score (nSPS) is 22.2. The Kier molecular flexibility index (Phi) is 4.95. The lowest BCUT2D eigenvalue weighted by Crippen LogP contribution is -2.40. The summed E-state index contributed by atoms with van der Waals surface area (Å²) in [6.07, 6.45) is 1.84. The van der Waals surface area contributed by atoms with E-state index in [1.165, 1.54) is 0 Å². The Labute approximate surface area is 135 Å². The van der Waals surface area contributed by atoms with Gasteiger partial charge in [-0.25, -0.2) is 0 Å². The van der Waals surface area contributed by atoms with Crippen molar-refractivity contribution in [2.45, 2.75) is 26.2 Å². The highest BCUT2D eigenvalue weighted by molar-refractivity contribution is 5.80. The molecule has 23 heavy (non-hydrogen) atoms. The standard InChI is InChI=1S/C16H23N3O4/c1-12-9-14(23-17-12)10-15(20)18-4-2-5-19(7-6-18)16(21)13-3-8-22-11-13/h9,13H,2-8,10-11H2,1H3. The van der Waals surface area contributed by atoms with Crippen LogP contribution in [0.4, 0.5) is 0 Å². The highest BCUT2D eigenvalue weighted by atomic mass is 16.5. The van der Waals surface area contributed by atoms with E-state index in [0.29, 0.717) is 45.2 Å². The van der Waals surface area contributed by atoms with Crippen molar-refractivity contribution in [1.29, 1.82) is 0 Å². The van der Waals surface area contributed by atoms with Crippen LogP contribution in [-0.2, 0) is 20.7 Å². The maximum Gasteiger partial charge on any atom is 0.230 e. The van der Waals surface area contributed by atoms with Gasteiger partial charge in [-0.15, -0.1) is 0 Å². The molecule has 7 heteroatoms. The lowest BCUT2D eigenvalue weighted by atomic mass is 10.1. The van der Waals surface area contributed by atoms with Gasteiger partial charge in [-0.3, -0.25) is 9.59 Å². The summed E-state index contributed by atoms with van der Waals surface area (Å²) in [5.74, 6) is 0.782. The number of rotatable bonds is 3. The summed E-state index contributed by atoms with van der Waals surface area (Å²) in [6, 6.07) is 1.78. The molecular formula is C16H23N3O4. The monoisotopic (exact) mass is 321 g/mol. The highest BCUT2D eigenvalue weighted by Gasteiger charge is 2.30. The smallest absolute Gasteiger partial charge is 0.230 e. The van der Waals surface area contributed by atoms with E-state index in [0.717, 1.165) is 18.5 Å². The van der Waals surface area contributed by atoms with Crippen LogP contribution in [0.2, 0.25) is 0 Å². The second-order valence-corrected chi connectivity index (χ2v) is 6.23. The maximum atomic E-state index is 12.4. The van der Waals surface area contributed by atoms with Gasteiger partial charge in [-0.05, 0) is 19.8 Å². The Morgan fingerprint density at radius 1 is 1.26 bits per heavy atom. The summed E-state index contributed by atoms with van der Waals surface area (Å²) in [5.41, 5.74) is 0.777. The second-order valence-electron chi connectivity index (χ2n) is 6.23. The first-order chi connectivity index (χ1) is 11.1. The van der Waals surface area contributed by atoms with Gasteiger partial charge >= 0.3 is 0 Å². The van der Waals surface area contributed by atoms with Crippen molar-refractivity contribution in [3.05, 3.63) is 17.5 Å². The summed E-state index contributed by atoms with van der Waals surface area (Å²) in [6.45, 7) is 5.59. The van der Waals surface area contributed by atoms with Gasteiger partial charge < -0.3 is 19.1 Å². The van der Waals surface area contributed by atoms with Gasteiger partial charge in [0.1, 0.15) is 5.76 Å². The Bertz CT molecular complexity index is 565. The largest absolute Gasteiger partial charge is 0.381 e. The molecule has 126 valence electrons. The van der Waals surface area contributed by atoms with Crippen molar-refractivity contribution in [3.8, 4) is 0 Å². The van der Waals surface area contributed by atoms with Crippen molar-refractivity contribution in [2.24, 2.45) is 5.92 Å². The molecule has 0 saturated carbocycles. The van der Waals surface area contributed by atoms with Crippen LogP contribution in [-0.4, -0.2) is 66.2 Å². The van der Waals surface area contributed by atoms with E-state index in [9.17, 15) is 9.59 Å². The summed E-state index contributed by atoms with van der Waals surface area (Å²) in [7, 11) is 0. The molecule has 1 unspecified atom stereocenters. The topological polar surface area (TPSA) is 75.9 Å². The molecule has 1 atom stereocenters. The van der Waals surface area contributed by atoms with Gasteiger partial charge in [0, 0.05) is 38.9 Å². The minimum atomic E-state index is -0.00517. The lowest BCUT2D eigenvalue weighted by molar-refractivity contribution is -0.136. The molecule has 2 aliphatic heterocycles. The van der Waals surface area contributed by atoms with Gasteiger partial charge in [-0.1, -0.05) is 5.16 Å². The summed E-state index contributed by atoms with van der Waals surface area (Å²) in [4.78, 5) is 28.5. The minimum Gasteiger partial charge on any atom is -0.381 e. The van der Waals surface area contributed by atoms with Crippen LogP contribution in [0.15, 0.2) is 10.6 Å². The van der Waals surface area contributed by atoms with E-state index in [1.807, 2.05) is 16.7 Å². The Morgan fingerprint density at radius 3 is 2.74 bits per heavy atom. The van der Waals surface area contributed by atoms with Crippen LogP contribution in [0.5, 0.6) is 0 Å². The van der Waals surface area contributed by atoms with Crippen molar-refractivity contribution in [2.75, 3.05) is 39.4 Å². The van der Waals surface area contributed by atoms with E-state index < -0.39 is 0 Å². The van der Waals surface area contributed by atoms with Gasteiger partial charge in [0.25, 0.3) is 0 Å². The van der Waals surface area contributed by atoms with E-state index in [4.69, 9.17) is 9.26 Å². The zero-order chi connectivity index (χ0) is 16.2. The zero-order valence-corrected chi connectivity index (χ0v) is 13.5. The average Bonchev–Trinajstić information content (AvgIpc) is 3.13. The van der Waals surface area contributed by atoms with Crippen molar-refractivity contribution in [3.63, 3.8) is 0 Å². The molecule has 0 N–H and O–H groups in total. The molecule has 3 rings (SSSR count). The molecule has 1 aromatic heterocycles. The third-order valence-corrected chi connectivity index (χ3v) is 4.44. The predicted octanol–water partition coefficient (Wildman–Crippen LogP) is 0.623. The molecule has 0 radical (unpaired) electrons. The Morgan fingerprint density at radius 2 is 2.04 bits per heavy atom. The number of hydrogen-bond donors (Lipinski definition) is 0. The zero-order valence-electron chi connectivity index (χ0n) is 13.5. The first-order valence-electron chi connectivity index (χ1n) is 8.20. The lowest BCUT2D eigenvalue weighted by Gasteiger charge is -2.24. The molecule has 1 aromatic rings. The third-order valence-electron chi connectivity index (χ3n) is 4.44. The summed E-state index contributed by atoms with van der Waals surface area (Å²) in [5, 5.41) is 3.80. The van der Waals surface area contributed by atoms with Gasteiger partial charge in [0.15, 0.2) is 0 Å². The SMILES string of the molecule is Cc1cc(CC(=O)N2CCCN(C(=O)C3CCOC3)CC2)on1. The Hall–Kier alpha value is -1.89. The number of nitrogens with zero attached hydrogens (tertiary/aromatic N) is 3. The molecule has 0 aromatic carbocycles. The van der Waals surface area contributed by atoms with Gasteiger partial charge in [0.05, 0.1) is 24.6 Å². The number of amides is 2. The second kappa shape index (κ2) is 7.12. The number of ether oxygens (including phenoxy) is 1. The first kappa shape index (κ1) is 16.0. The van der Waals surface area contributed by atoms with Crippen LogP contribution in [0.1, 0.15) is 24.3 Å². The van der Waals surface area contributed by atoms with Gasteiger partial charge in [0.2, 0.25) is 11.8 Å². The summed E-state index contributed by atoms with van der Waals surface area (Å²) < 4.78 is 10.4. The molecule has 3 heterocycles. The molecular weight excluding hydrogens is 298 g/mol. The molecule has 2 amide bonds. The average molecular weight is 321 g/mol. The van der Waals surface area contributed by atoms with Crippen LogP contribution >= 0.6 is 0 Å². The molecule has 0 bridgehead atoms. The fourth-order valence-electron chi connectivity index (χ4n) is 3.14. The quantitative estimate of drug-likeness (QED) is 0.816. The van der Waals surface area contributed by atoms with Crippen LogP contribution in [0.25, 0.3) is 0 Å². The van der Waals surface area contributed by atoms with Crippen molar-refractivity contribution in [1.82, 2.24) is 15.0 Å². The summed E-state index contributed by atoms with van der Waals surface area (Å²) >= 11 is 0. The molecule has 0 spiro atoms. The van der Waals surface area contributed by atoms with Gasteiger partial charge in [-0.2, -0.15) is 0 Å². The maximum absolute atomic E-state index is 12.4. The molecule has 7 nitrogen and oxygen atoms in total. The fourth-order valence-corrected chi connectivity index (χ4v) is 3.14. The predicted molar refractivity (Wildman–Crippen MR) is 81.6 cm³/mol. The highest BCUT2D eigenvalue weighted by Crippen LogP contribution is 2.17. The van der Waals surface area contributed by atoms with Crippen molar-refractivity contribution < 1.29 is 18.8 Å². The minimum absolute atomic E-state index is 0.00517. The van der Waals surface area contributed by atoms with Crippen LogP contribution in [0, 0.1) is 12.8 Å². The fraction of sp³-hybridized carbons (Fsp3) is 0.688. The number of carbonyl (C=O) groups is 2. The van der Waals surface area contributed by atoms with E-state index >= 15 is 0 Å². The first-order valence-corrected chi connectivity index (χ1v) is 8.20. The molecule has 2 fully saturated rings. The Balaban J connectivity index is 1.53. The van der Waals surface area contributed by atoms with Crippen LogP contribution < -0.4 is 0 Å². The number of carbonyl (C=O) groups excluding carboxylic acids is 2. The van der Waals surface area contributed by atoms with Crippen molar-refractivity contribution >= 4 is 11.8 Å². The molecule has 2 saturated heterocycles. The van der Waals surface area contributed by atoms with E-state index in [1.54, 1.807) is 6.07 Å². The number of aryl methyl sites for hydroxylation is 1. The van der Waals surface area contributed by atoms with E-state index in [2.05, 4.69) is 5.16 Å². The third kappa shape index (κ3) is 3.90. The number of hydrogen-bond acceptors (Lipinski definition) is 5. The van der Waals surface area contributed by atoms with Crippen LogP contribution in [0.3, 0.4) is 0 Å². The van der Waals surface area contributed by atoms with E-state index in [-0.39, 0.29) is 24.2 Å². The molecule has 2 aliphatic rings. The number of aromatic nitrogens is 1. The molecule has 0 aliphatic carbocycles.